The summed E-state index contributed by atoms with van der Waals surface area (Å²) in [6, 6.07) is -0.326. The zero-order chi connectivity index (χ0) is 15.5. The first-order valence-corrected chi connectivity index (χ1v) is 7.61. The molecule has 0 radical (unpaired) electrons. The molecule has 0 aromatic rings. The van der Waals surface area contributed by atoms with Gasteiger partial charge < -0.3 is 20.6 Å². The molecule has 7 nitrogen and oxygen atoms in total. The SMILES string of the molecule is O=C(O)CCCCCCNC(=O)NCC(=O)N1CCCC1. The van der Waals surface area contributed by atoms with Crippen molar-refractivity contribution in [3.05, 3.63) is 0 Å². The lowest BCUT2D eigenvalue weighted by molar-refractivity contribution is -0.137. The van der Waals surface area contributed by atoms with Crippen LogP contribution in [0.3, 0.4) is 0 Å². The van der Waals surface area contributed by atoms with E-state index in [0.29, 0.717) is 13.0 Å². The van der Waals surface area contributed by atoms with Crippen molar-refractivity contribution in [2.24, 2.45) is 0 Å². The number of aliphatic carboxylic acids is 1. The molecule has 3 N–H and O–H groups in total. The number of hydrogen-bond donors (Lipinski definition) is 3. The number of likely N-dealkylation sites (tertiary alicyclic amines) is 1. The molecular formula is C14H25N3O4. The van der Waals surface area contributed by atoms with Gasteiger partial charge in [-0.15, -0.1) is 0 Å². The van der Waals surface area contributed by atoms with Crippen molar-refractivity contribution < 1.29 is 19.5 Å². The number of carbonyl (C=O) groups excluding carboxylic acids is 2. The van der Waals surface area contributed by atoms with E-state index < -0.39 is 5.97 Å². The average molecular weight is 299 g/mol. The third kappa shape index (κ3) is 8.16. The van der Waals surface area contributed by atoms with Gasteiger partial charge in [0.25, 0.3) is 0 Å². The van der Waals surface area contributed by atoms with Crippen molar-refractivity contribution in [3.63, 3.8) is 0 Å². The molecule has 0 atom stereocenters. The lowest BCUT2D eigenvalue weighted by atomic mass is 10.1. The van der Waals surface area contributed by atoms with E-state index in [-0.39, 0.29) is 24.9 Å². The van der Waals surface area contributed by atoms with Crippen LogP contribution in [0.15, 0.2) is 0 Å². The molecule has 1 aliphatic heterocycles. The summed E-state index contributed by atoms with van der Waals surface area (Å²) in [5.41, 5.74) is 0. The number of nitrogens with zero attached hydrogens (tertiary/aromatic N) is 1. The van der Waals surface area contributed by atoms with Crippen molar-refractivity contribution in [3.8, 4) is 0 Å². The second-order valence-electron chi connectivity index (χ2n) is 5.26. The quantitative estimate of drug-likeness (QED) is 0.552. The molecule has 0 aromatic carbocycles. The van der Waals surface area contributed by atoms with Crippen LogP contribution in [0, 0.1) is 0 Å². The first kappa shape index (κ1) is 17.3. The lowest BCUT2D eigenvalue weighted by Gasteiger charge is -2.15. The van der Waals surface area contributed by atoms with Gasteiger partial charge in [-0.25, -0.2) is 4.79 Å². The van der Waals surface area contributed by atoms with Crippen molar-refractivity contribution >= 4 is 17.9 Å². The van der Waals surface area contributed by atoms with Gasteiger partial charge in [0, 0.05) is 26.1 Å². The average Bonchev–Trinajstić information content (AvgIpc) is 2.97. The highest BCUT2D eigenvalue weighted by atomic mass is 16.4. The fraction of sp³-hybridized carbons (Fsp3) is 0.786. The summed E-state index contributed by atoms with van der Waals surface area (Å²) in [5, 5.41) is 13.7. The van der Waals surface area contributed by atoms with Crippen LogP contribution >= 0.6 is 0 Å². The Balaban J connectivity index is 1.93. The Morgan fingerprint density at radius 3 is 2.29 bits per heavy atom. The molecule has 1 rings (SSSR count). The highest BCUT2D eigenvalue weighted by Crippen LogP contribution is 2.06. The maximum absolute atomic E-state index is 11.7. The van der Waals surface area contributed by atoms with Crippen LogP contribution < -0.4 is 10.6 Å². The number of rotatable bonds is 9. The Bertz CT molecular complexity index is 354. The number of unbranched alkanes of at least 4 members (excludes halogenated alkanes) is 3. The number of carbonyl (C=O) groups is 3. The fourth-order valence-electron chi connectivity index (χ4n) is 2.25. The maximum Gasteiger partial charge on any atom is 0.315 e. The van der Waals surface area contributed by atoms with Crippen LogP contribution in [0.1, 0.15) is 44.9 Å². The van der Waals surface area contributed by atoms with Crippen molar-refractivity contribution in [1.82, 2.24) is 15.5 Å². The van der Waals surface area contributed by atoms with Gasteiger partial charge in [0.1, 0.15) is 0 Å². The normalized spacial score (nSPS) is 14.0. The highest BCUT2D eigenvalue weighted by molar-refractivity contribution is 5.84. The van der Waals surface area contributed by atoms with Crippen LogP contribution in [-0.4, -0.2) is 54.1 Å². The van der Waals surface area contributed by atoms with Crippen LogP contribution in [0.25, 0.3) is 0 Å². The van der Waals surface area contributed by atoms with Crippen molar-refractivity contribution in [1.29, 1.82) is 0 Å². The lowest BCUT2D eigenvalue weighted by Crippen LogP contribution is -2.43. The van der Waals surface area contributed by atoms with Crippen LogP contribution in [0.5, 0.6) is 0 Å². The largest absolute Gasteiger partial charge is 0.481 e. The molecule has 0 bridgehead atoms. The van der Waals surface area contributed by atoms with E-state index in [1.807, 2.05) is 0 Å². The maximum atomic E-state index is 11.7. The molecule has 1 heterocycles. The number of carboxylic acid groups (broad SMARTS) is 1. The Morgan fingerprint density at radius 1 is 0.952 bits per heavy atom. The third-order valence-electron chi connectivity index (χ3n) is 3.46. The zero-order valence-electron chi connectivity index (χ0n) is 12.4. The first-order valence-electron chi connectivity index (χ1n) is 7.61. The molecule has 1 saturated heterocycles. The first-order chi connectivity index (χ1) is 10.1. The smallest absolute Gasteiger partial charge is 0.315 e. The minimum atomic E-state index is -0.768. The summed E-state index contributed by atoms with van der Waals surface area (Å²) < 4.78 is 0. The second kappa shape index (κ2) is 10.0. The van der Waals surface area contributed by atoms with Crippen LogP contribution in [0.2, 0.25) is 0 Å². The Morgan fingerprint density at radius 2 is 1.62 bits per heavy atom. The number of amides is 3. The summed E-state index contributed by atoms with van der Waals surface area (Å²) in [4.78, 5) is 35.2. The monoisotopic (exact) mass is 299 g/mol. The summed E-state index contributed by atoms with van der Waals surface area (Å²) in [7, 11) is 0. The van der Waals surface area contributed by atoms with Gasteiger partial charge in [-0.1, -0.05) is 12.8 Å². The molecule has 0 spiro atoms. The van der Waals surface area contributed by atoms with Gasteiger partial charge in [-0.2, -0.15) is 0 Å². The molecule has 7 heteroatoms. The van der Waals surface area contributed by atoms with Gasteiger partial charge >= 0.3 is 12.0 Å². The summed E-state index contributed by atoms with van der Waals surface area (Å²) in [5.74, 6) is -0.800. The standard InChI is InChI=1S/C14H25N3O4/c18-12(17-9-5-6-10-17)11-16-14(21)15-8-4-2-1-3-7-13(19)20/h1-11H2,(H,19,20)(H2,15,16,21). The molecule has 1 fully saturated rings. The van der Waals surface area contributed by atoms with E-state index in [0.717, 1.165) is 45.2 Å². The minimum absolute atomic E-state index is 0.0312. The summed E-state index contributed by atoms with van der Waals surface area (Å²) >= 11 is 0. The van der Waals surface area contributed by atoms with E-state index in [9.17, 15) is 14.4 Å². The van der Waals surface area contributed by atoms with E-state index in [1.54, 1.807) is 4.90 Å². The molecule has 120 valence electrons. The molecular weight excluding hydrogens is 274 g/mol. The topological polar surface area (TPSA) is 98.7 Å². The number of nitrogens with one attached hydrogen (secondary N) is 2. The minimum Gasteiger partial charge on any atom is -0.481 e. The predicted octanol–water partition coefficient (Wildman–Crippen LogP) is 0.943. The molecule has 3 amide bonds. The van der Waals surface area contributed by atoms with Gasteiger partial charge in [0.2, 0.25) is 5.91 Å². The van der Waals surface area contributed by atoms with Crippen molar-refractivity contribution in [2.75, 3.05) is 26.2 Å². The van der Waals surface area contributed by atoms with E-state index in [4.69, 9.17) is 5.11 Å². The molecule has 0 unspecified atom stereocenters. The fourth-order valence-corrected chi connectivity index (χ4v) is 2.25. The zero-order valence-corrected chi connectivity index (χ0v) is 12.4. The number of hydrogen-bond acceptors (Lipinski definition) is 3. The molecule has 0 saturated carbocycles. The highest BCUT2D eigenvalue weighted by Gasteiger charge is 2.17. The van der Waals surface area contributed by atoms with Crippen molar-refractivity contribution in [2.45, 2.75) is 44.9 Å². The number of carboxylic acids is 1. The van der Waals surface area contributed by atoms with E-state index in [2.05, 4.69) is 10.6 Å². The Labute approximate surface area is 125 Å². The second-order valence-corrected chi connectivity index (χ2v) is 5.26. The molecule has 1 aliphatic rings. The summed E-state index contributed by atoms with van der Waals surface area (Å²) in [6.45, 7) is 2.16. The molecule has 0 aromatic heterocycles. The van der Waals surface area contributed by atoms with E-state index >= 15 is 0 Å². The third-order valence-corrected chi connectivity index (χ3v) is 3.46. The van der Waals surface area contributed by atoms with Gasteiger partial charge in [-0.3, -0.25) is 9.59 Å². The van der Waals surface area contributed by atoms with E-state index in [1.165, 1.54) is 0 Å². The Hall–Kier alpha value is -1.79. The molecule has 21 heavy (non-hydrogen) atoms. The Kier molecular flexibility index (Phi) is 8.23. The van der Waals surface area contributed by atoms with Crippen LogP contribution in [0.4, 0.5) is 4.79 Å². The van der Waals surface area contributed by atoms with Crippen LogP contribution in [-0.2, 0) is 9.59 Å². The predicted molar refractivity (Wildman–Crippen MR) is 77.9 cm³/mol. The molecule has 0 aliphatic carbocycles. The number of urea groups is 1. The van der Waals surface area contributed by atoms with Gasteiger partial charge in [0.15, 0.2) is 0 Å². The summed E-state index contributed by atoms with van der Waals surface area (Å²) in [6.07, 6.45) is 5.51. The van der Waals surface area contributed by atoms with Gasteiger partial charge in [0.05, 0.1) is 6.54 Å². The van der Waals surface area contributed by atoms with Gasteiger partial charge in [-0.05, 0) is 25.7 Å².